The minimum absolute atomic E-state index is 0.121. The molecular weight excluding hydrogens is 362 g/mol. The fraction of sp³-hybridized carbons (Fsp3) is 0.850. The molecule has 0 amide bonds. The van der Waals surface area contributed by atoms with Crippen LogP contribution in [-0.4, -0.2) is 29.5 Å². The van der Waals surface area contributed by atoms with Crippen LogP contribution in [0.1, 0.15) is 59.8 Å². The van der Waals surface area contributed by atoms with Crippen LogP contribution in [0.25, 0.3) is 0 Å². The molecule has 0 radical (unpaired) electrons. The van der Waals surface area contributed by atoms with Gasteiger partial charge in [0.2, 0.25) is 0 Å². The van der Waals surface area contributed by atoms with E-state index in [0.717, 1.165) is 25.7 Å². The second kappa shape index (κ2) is 6.33. The van der Waals surface area contributed by atoms with Crippen LogP contribution in [0, 0.1) is 16.7 Å². The van der Waals surface area contributed by atoms with E-state index in [9.17, 15) is 5.26 Å². The largest absolute Gasteiger partial charge is 0.398 e. The number of thioether (sulfide) groups is 2. The molecule has 0 aromatic carbocycles. The van der Waals surface area contributed by atoms with Gasteiger partial charge in [-0.1, -0.05) is 39.3 Å². The van der Waals surface area contributed by atoms with Crippen LogP contribution < -0.4 is 0 Å². The van der Waals surface area contributed by atoms with Gasteiger partial charge in [-0.25, -0.2) is 0 Å². The zero-order valence-electron chi connectivity index (χ0n) is 16.7. The maximum atomic E-state index is 10.3. The molecule has 140 valence electrons. The van der Waals surface area contributed by atoms with Gasteiger partial charge in [0.1, 0.15) is 0 Å². The molecule has 0 bridgehead atoms. The smallest absolute Gasteiger partial charge is 0.194 e. The van der Waals surface area contributed by atoms with Crippen molar-refractivity contribution in [1.29, 1.82) is 5.26 Å². The summed E-state index contributed by atoms with van der Waals surface area (Å²) in [6, 6.07) is 2.72. The number of hydrogen-bond donors (Lipinski definition) is 0. The van der Waals surface area contributed by atoms with Crippen molar-refractivity contribution in [3.05, 3.63) is 11.6 Å². The van der Waals surface area contributed by atoms with E-state index in [1.54, 1.807) is 0 Å². The van der Waals surface area contributed by atoms with Gasteiger partial charge >= 0.3 is 0 Å². The summed E-state index contributed by atoms with van der Waals surface area (Å²) in [6.45, 7) is 13.7. The van der Waals surface area contributed by atoms with Crippen LogP contribution in [0.3, 0.4) is 0 Å². The third kappa shape index (κ3) is 3.16. The molecule has 1 spiro atoms. The number of nitriles is 1. The SMILES string of the molecule is CC(C)(C)[Si](C)(C)O[C@@]1(C#N)CCCC2=CC3(CC[C@@]21C)SCCS3. The zero-order chi connectivity index (χ0) is 18.6. The first-order valence-corrected chi connectivity index (χ1v) is 14.5. The van der Waals surface area contributed by atoms with Gasteiger partial charge in [-0.15, -0.1) is 23.5 Å². The lowest BCUT2D eigenvalue weighted by atomic mass is 9.58. The highest BCUT2D eigenvalue weighted by Gasteiger charge is 2.59. The van der Waals surface area contributed by atoms with E-state index in [1.807, 2.05) is 0 Å². The molecule has 0 aromatic rings. The predicted octanol–water partition coefficient (Wildman–Crippen LogP) is 6.36. The molecule has 2 aliphatic carbocycles. The van der Waals surface area contributed by atoms with E-state index in [4.69, 9.17) is 4.43 Å². The molecular formula is C20H33NOS2Si. The first-order chi connectivity index (χ1) is 11.5. The highest BCUT2D eigenvalue weighted by molar-refractivity contribution is 8.21. The van der Waals surface area contributed by atoms with Gasteiger partial charge in [0.15, 0.2) is 13.9 Å². The van der Waals surface area contributed by atoms with E-state index >= 15 is 0 Å². The average Bonchev–Trinajstić information content (AvgIpc) is 2.96. The summed E-state index contributed by atoms with van der Waals surface area (Å²) < 4.78 is 7.21. The van der Waals surface area contributed by atoms with Crippen LogP contribution in [-0.2, 0) is 4.43 Å². The molecule has 5 heteroatoms. The van der Waals surface area contributed by atoms with Crippen LogP contribution >= 0.6 is 23.5 Å². The van der Waals surface area contributed by atoms with E-state index in [1.165, 1.54) is 23.5 Å². The first kappa shape index (κ1) is 19.9. The molecule has 0 aromatic heterocycles. The zero-order valence-corrected chi connectivity index (χ0v) is 19.3. The van der Waals surface area contributed by atoms with Crippen molar-refractivity contribution in [2.75, 3.05) is 11.5 Å². The Balaban J connectivity index is 2.00. The van der Waals surface area contributed by atoms with Gasteiger partial charge in [-0.05, 0) is 50.2 Å². The Morgan fingerprint density at radius 1 is 1.16 bits per heavy atom. The maximum absolute atomic E-state index is 10.3. The molecule has 0 N–H and O–H groups in total. The third-order valence-electron chi connectivity index (χ3n) is 7.13. The van der Waals surface area contributed by atoms with Crippen molar-refractivity contribution < 1.29 is 4.43 Å². The van der Waals surface area contributed by atoms with Gasteiger partial charge in [0, 0.05) is 16.9 Å². The molecule has 3 rings (SSSR count). The van der Waals surface area contributed by atoms with Gasteiger partial charge in [0.25, 0.3) is 0 Å². The minimum atomic E-state index is -2.01. The van der Waals surface area contributed by atoms with E-state index < -0.39 is 13.9 Å². The summed E-state index contributed by atoms with van der Waals surface area (Å²) in [7, 11) is -2.01. The fourth-order valence-corrected chi connectivity index (χ4v) is 9.03. The highest BCUT2D eigenvalue weighted by Crippen LogP contribution is 2.62. The molecule has 25 heavy (non-hydrogen) atoms. The second-order valence-electron chi connectivity index (χ2n) is 9.67. The van der Waals surface area contributed by atoms with E-state index in [0.29, 0.717) is 0 Å². The summed E-state index contributed by atoms with van der Waals surface area (Å²) in [5.41, 5.74) is 0.743. The van der Waals surface area contributed by atoms with Crippen molar-refractivity contribution in [2.45, 2.75) is 87.6 Å². The Morgan fingerprint density at radius 3 is 2.36 bits per heavy atom. The molecule has 2 fully saturated rings. The second-order valence-corrected chi connectivity index (χ2v) is 17.5. The lowest BCUT2D eigenvalue weighted by Gasteiger charge is -2.56. The lowest BCUT2D eigenvalue weighted by Crippen LogP contribution is -2.59. The Labute approximate surface area is 163 Å². The summed E-state index contributed by atoms with van der Waals surface area (Å²) in [6.07, 6.45) is 7.92. The number of nitrogens with zero attached hydrogens (tertiary/aromatic N) is 1. The molecule has 1 heterocycles. The van der Waals surface area contributed by atoms with Crippen LogP contribution in [0.5, 0.6) is 0 Å². The van der Waals surface area contributed by atoms with Gasteiger partial charge in [-0.2, -0.15) is 5.26 Å². The molecule has 2 atom stereocenters. The van der Waals surface area contributed by atoms with E-state index in [-0.39, 0.29) is 14.5 Å². The van der Waals surface area contributed by atoms with Gasteiger partial charge < -0.3 is 4.43 Å². The first-order valence-electron chi connectivity index (χ1n) is 9.61. The Kier molecular flexibility index (Phi) is 5.02. The standard InChI is InChI=1S/C20H33NOS2Si/c1-17(2,3)25(5,6)22-19(15-21)9-7-8-16-14-20(23-12-13-24-20)11-10-18(16,19)4/h14H,7-13H2,1-6H3/t18-,19+/m0/s1. The van der Waals surface area contributed by atoms with Gasteiger partial charge in [0.05, 0.1) is 10.1 Å². The summed E-state index contributed by atoms with van der Waals surface area (Å²) in [5, 5.41) is 10.5. The maximum Gasteiger partial charge on any atom is 0.194 e. The summed E-state index contributed by atoms with van der Waals surface area (Å²) in [5.74, 6) is 2.52. The predicted molar refractivity (Wildman–Crippen MR) is 114 cm³/mol. The quantitative estimate of drug-likeness (QED) is 0.402. The monoisotopic (exact) mass is 395 g/mol. The molecule has 2 nitrogen and oxygen atoms in total. The number of rotatable bonds is 2. The molecule has 3 aliphatic rings. The highest BCUT2D eigenvalue weighted by atomic mass is 32.2. The van der Waals surface area contributed by atoms with Crippen molar-refractivity contribution in [1.82, 2.24) is 0 Å². The Bertz CT molecular complexity index is 612. The minimum Gasteiger partial charge on any atom is -0.398 e. The summed E-state index contributed by atoms with van der Waals surface area (Å²) >= 11 is 4.23. The third-order valence-corrected chi connectivity index (χ3v) is 15.0. The topological polar surface area (TPSA) is 33.0 Å². The molecule has 1 aliphatic heterocycles. The average molecular weight is 396 g/mol. The van der Waals surface area contributed by atoms with Crippen LogP contribution in [0.2, 0.25) is 18.1 Å². The number of fused-ring (bicyclic) bond motifs is 1. The van der Waals surface area contributed by atoms with Gasteiger partial charge in [-0.3, -0.25) is 0 Å². The van der Waals surface area contributed by atoms with Crippen LogP contribution in [0.15, 0.2) is 11.6 Å². The number of hydrogen-bond acceptors (Lipinski definition) is 4. The van der Waals surface area contributed by atoms with E-state index in [2.05, 4.69) is 76.5 Å². The fourth-order valence-electron chi connectivity index (χ4n) is 4.35. The molecule has 1 saturated carbocycles. The Hall–Kier alpha value is 0.107. The summed E-state index contributed by atoms with van der Waals surface area (Å²) in [4.78, 5) is 0. The molecule has 0 unspecified atom stereocenters. The lowest BCUT2D eigenvalue weighted by molar-refractivity contribution is -0.0268. The van der Waals surface area contributed by atoms with Crippen LogP contribution in [0.4, 0.5) is 0 Å². The van der Waals surface area contributed by atoms with Crippen molar-refractivity contribution in [2.24, 2.45) is 5.41 Å². The molecule has 1 saturated heterocycles. The van der Waals surface area contributed by atoms with Crippen molar-refractivity contribution >= 4 is 31.8 Å². The van der Waals surface area contributed by atoms with Crippen molar-refractivity contribution in [3.63, 3.8) is 0 Å². The van der Waals surface area contributed by atoms with Crippen molar-refractivity contribution in [3.8, 4) is 6.07 Å². The normalized spacial score (nSPS) is 35.2. The Morgan fingerprint density at radius 2 is 1.80 bits per heavy atom.